The second-order valence-electron chi connectivity index (χ2n) is 6.29. The molecule has 2 rings (SSSR count). The summed E-state index contributed by atoms with van der Waals surface area (Å²) in [6.45, 7) is 7.77. The number of rotatable bonds is 4. The van der Waals surface area contributed by atoms with Crippen LogP contribution in [0, 0.1) is 20.8 Å². The molecule has 3 atom stereocenters. The molecule has 5 nitrogen and oxygen atoms in total. The van der Waals surface area contributed by atoms with Crippen molar-refractivity contribution in [1.82, 2.24) is 10.3 Å². The summed E-state index contributed by atoms with van der Waals surface area (Å²) in [6.07, 6.45) is 3.78. The van der Waals surface area contributed by atoms with Gasteiger partial charge in [0.2, 0.25) is 0 Å². The van der Waals surface area contributed by atoms with Gasteiger partial charge in [0.15, 0.2) is 0 Å². The Morgan fingerprint density at radius 1 is 1.35 bits per heavy atom. The highest BCUT2D eigenvalue weighted by molar-refractivity contribution is 7.85. The molecule has 2 amide bonds. The highest BCUT2D eigenvalue weighted by atomic mass is 32.2. The molecule has 1 aliphatic rings. The average molecular weight is 337 g/mol. The molecule has 1 fully saturated rings. The summed E-state index contributed by atoms with van der Waals surface area (Å²) in [4.78, 5) is 16.7. The van der Waals surface area contributed by atoms with Crippen molar-refractivity contribution < 1.29 is 9.00 Å². The minimum atomic E-state index is -0.779. The molecule has 128 valence electrons. The molecule has 0 radical (unpaired) electrons. The zero-order chi connectivity index (χ0) is 17.0. The first-order valence-corrected chi connectivity index (χ1v) is 9.68. The standard InChI is InChI=1S/C17H27N3O2S/c1-5-23(22)15-8-6-7-14(10-15)19-17(21)20-16-11(2)9-12(3)18-13(16)4/h9,14-15H,5-8,10H2,1-4H3,(H2,19,20,21)/t14-,15+,23+/m1/s1. The molecule has 23 heavy (non-hydrogen) atoms. The van der Waals surface area contributed by atoms with Crippen LogP contribution in [0.5, 0.6) is 0 Å². The summed E-state index contributed by atoms with van der Waals surface area (Å²) in [5, 5.41) is 6.17. The van der Waals surface area contributed by atoms with Crippen molar-refractivity contribution in [2.75, 3.05) is 11.1 Å². The van der Waals surface area contributed by atoms with E-state index in [9.17, 15) is 9.00 Å². The SMILES string of the molecule is CC[S@](=O)[C@H]1CCC[C@@H](NC(=O)Nc2c(C)cc(C)nc2C)C1. The zero-order valence-corrected chi connectivity index (χ0v) is 15.3. The van der Waals surface area contributed by atoms with E-state index in [2.05, 4.69) is 15.6 Å². The van der Waals surface area contributed by atoms with Crippen LogP contribution in [-0.4, -0.2) is 32.3 Å². The summed E-state index contributed by atoms with van der Waals surface area (Å²) in [6, 6.07) is 1.86. The molecule has 1 saturated carbocycles. The number of pyridine rings is 1. The maximum atomic E-state index is 12.3. The molecule has 0 unspecified atom stereocenters. The van der Waals surface area contributed by atoms with Gasteiger partial charge < -0.3 is 10.6 Å². The van der Waals surface area contributed by atoms with E-state index in [0.717, 1.165) is 48.3 Å². The number of aryl methyl sites for hydroxylation is 3. The van der Waals surface area contributed by atoms with Gasteiger partial charge in [-0.25, -0.2) is 4.79 Å². The number of anilines is 1. The lowest BCUT2D eigenvalue weighted by Gasteiger charge is -2.29. The van der Waals surface area contributed by atoms with Gasteiger partial charge in [-0.15, -0.1) is 0 Å². The molecule has 1 aliphatic carbocycles. The number of hydrogen-bond acceptors (Lipinski definition) is 3. The van der Waals surface area contributed by atoms with E-state index in [1.807, 2.05) is 33.8 Å². The smallest absolute Gasteiger partial charge is 0.319 e. The van der Waals surface area contributed by atoms with Crippen LogP contribution in [-0.2, 0) is 10.8 Å². The zero-order valence-electron chi connectivity index (χ0n) is 14.4. The Bertz CT molecular complexity index is 580. The molecule has 0 spiro atoms. The van der Waals surface area contributed by atoms with Gasteiger partial charge in [0.25, 0.3) is 0 Å². The Morgan fingerprint density at radius 3 is 2.74 bits per heavy atom. The first-order chi connectivity index (χ1) is 10.9. The highest BCUT2D eigenvalue weighted by Crippen LogP contribution is 2.24. The predicted molar refractivity (Wildman–Crippen MR) is 95.3 cm³/mol. The summed E-state index contributed by atoms with van der Waals surface area (Å²) in [5.41, 5.74) is 3.56. The topological polar surface area (TPSA) is 71.1 Å². The molecule has 0 aliphatic heterocycles. The molecule has 0 saturated heterocycles. The molecule has 2 N–H and O–H groups in total. The van der Waals surface area contributed by atoms with E-state index in [1.54, 1.807) is 0 Å². The van der Waals surface area contributed by atoms with Crippen LogP contribution >= 0.6 is 0 Å². The van der Waals surface area contributed by atoms with Crippen LogP contribution in [0.2, 0.25) is 0 Å². The first-order valence-electron chi connectivity index (χ1n) is 8.30. The number of nitrogens with one attached hydrogen (secondary N) is 2. The molecule has 6 heteroatoms. The van der Waals surface area contributed by atoms with Crippen LogP contribution in [0.1, 0.15) is 49.6 Å². The summed E-state index contributed by atoms with van der Waals surface area (Å²) in [7, 11) is -0.779. The van der Waals surface area contributed by atoms with Crippen molar-refractivity contribution in [1.29, 1.82) is 0 Å². The van der Waals surface area contributed by atoms with Crippen LogP contribution in [0.3, 0.4) is 0 Å². The van der Waals surface area contributed by atoms with Gasteiger partial charge in [0.05, 0.1) is 11.4 Å². The quantitative estimate of drug-likeness (QED) is 0.886. The predicted octanol–water partition coefficient (Wildman–Crippen LogP) is 3.21. The van der Waals surface area contributed by atoms with E-state index < -0.39 is 10.8 Å². The maximum Gasteiger partial charge on any atom is 0.319 e. The Hall–Kier alpha value is -1.43. The van der Waals surface area contributed by atoms with Crippen LogP contribution in [0.4, 0.5) is 10.5 Å². The van der Waals surface area contributed by atoms with E-state index in [-0.39, 0.29) is 17.3 Å². The lowest BCUT2D eigenvalue weighted by molar-refractivity contribution is 0.244. The minimum absolute atomic E-state index is 0.100. The molecule has 0 bridgehead atoms. The molecule has 0 aromatic carbocycles. The number of urea groups is 1. The molecule has 1 aromatic heterocycles. The average Bonchev–Trinajstić information content (AvgIpc) is 2.50. The van der Waals surface area contributed by atoms with E-state index in [4.69, 9.17) is 0 Å². The first kappa shape index (κ1) is 17.9. The van der Waals surface area contributed by atoms with Crippen LogP contribution in [0.25, 0.3) is 0 Å². The Morgan fingerprint density at radius 2 is 2.09 bits per heavy atom. The Labute approximate surface area is 141 Å². The maximum absolute atomic E-state index is 12.3. The number of carbonyl (C=O) groups excluding carboxylic acids is 1. The van der Waals surface area contributed by atoms with Gasteiger partial charge in [-0.3, -0.25) is 9.19 Å². The van der Waals surface area contributed by atoms with Gasteiger partial charge in [-0.05, 0) is 51.7 Å². The van der Waals surface area contributed by atoms with E-state index >= 15 is 0 Å². The van der Waals surface area contributed by atoms with Gasteiger partial charge >= 0.3 is 6.03 Å². The molecule has 1 heterocycles. The minimum Gasteiger partial charge on any atom is -0.335 e. The van der Waals surface area contributed by atoms with Crippen molar-refractivity contribution in [3.05, 3.63) is 23.0 Å². The summed E-state index contributed by atoms with van der Waals surface area (Å²) >= 11 is 0. The van der Waals surface area contributed by atoms with E-state index in [0.29, 0.717) is 5.75 Å². The van der Waals surface area contributed by atoms with Crippen molar-refractivity contribution in [2.45, 2.75) is 64.7 Å². The van der Waals surface area contributed by atoms with Crippen molar-refractivity contribution >= 4 is 22.5 Å². The van der Waals surface area contributed by atoms with Crippen LogP contribution in [0.15, 0.2) is 6.07 Å². The van der Waals surface area contributed by atoms with Crippen molar-refractivity contribution in [2.24, 2.45) is 0 Å². The normalized spacial score (nSPS) is 22.4. The largest absolute Gasteiger partial charge is 0.335 e. The Kier molecular flexibility index (Phi) is 6.16. The van der Waals surface area contributed by atoms with Gasteiger partial charge in [-0.1, -0.05) is 13.3 Å². The van der Waals surface area contributed by atoms with Crippen molar-refractivity contribution in [3.63, 3.8) is 0 Å². The van der Waals surface area contributed by atoms with E-state index in [1.165, 1.54) is 0 Å². The highest BCUT2D eigenvalue weighted by Gasteiger charge is 2.26. The third-order valence-corrected chi connectivity index (χ3v) is 6.12. The number of carbonyl (C=O) groups is 1. The number of amides is 2. The number of aromatic nitrogens is 1. The van der Waals surface area contributed by atoms with Gasteiger partial charge in [-0.2, -0.15) is 0 Å². The lowest BCUT2D eigenvalue weighted by Crippen LogP contribution is -2.43. The second kappa shape index (κ2) is 7.90. The van der Waals surface area contributed by atoms with Gasteiger partial charge in [0.1, 0.15) is 0 Å². The monoisotopic (exact) mass is 337 g/mol. The van der Waals surface area contributed by atoms with Gasteiger partial charge in [0, 0.05) is 33.5 Å². The molecular weight excluding hydrogens is 310 g/mol. The fourth-order valence-corrected chi connectivity index (χ4v) is 4.65. The third kappa shape index (κ3) is 4.77. The Balaban J connectivity index is 1.96. The fourth-order valence-electron chi connectivity index (χ4n) is 3.30. The summed E-state index contributed by atoms with van der Waals surface area (Å²) in [5.74, 6) is 0.691. The number of nitrogens with zero attached hydrogens (tertiary/aromatic N) is 1. The summed E-state index contributed by atoms with van der Waals surface area (Å²) < 4.78 is 12.0. The lowest BCUT2D eigenvalue weighted by atomic mass is 9.95. The van der Waals surface area contributed by atoms with Crippen molar-refractivity contribution in [3.8, 4) is 0 Å². The third-order valence-electron chi connectivity index (χ3n) is 4.38. The second-order valence-corrected chi connectivity index (χ2v) is 8.30. The molecule has 1 aromatic rings. The molecular formula is C17H27N3O2S. The number of hydrogen-bond donors (Lipinski definition) is 2. The fraction of sp³-hybridized carbons (Fsp3) is 0.647. The van der Waals surface area contributed by atoms with Crippen LogP contribution < -0.4 is 10.6 Å².